The fourth-order valence-electron chi connectivity index (χ4n) is 2.93. The van der Waals surface area contributed by atoms with Gasteiger partial charge in [0.1, 0.15) is 12.4 Å². The SMILES string of the molecule is COc1cc(C=O)c(OCC2=C(c3ccnn3C(C)C)COCC2)cn1. The molecule has 2 aromatic rings. The molecular weight excluding hydrogens is 334 g/mol. The fraction of sp³-hybridized carbons (Fsp3) is 0.421. The Morgan fingerprint density at radius 1 is 1.42 bits per heavy atom. The lowest BCUT2D eigenvalue weighted by molar-refractivity contribution is 0.111. The summed E-state index contributed by atoms with van der Waals surface area (Å²) < 4.78 is 18.6. The maximum Gasteiger partial charge on any atom is 0.213 e. The molecule has 7 nitrogen and oxygen atoms in total. The van der Waals surface area contributed by atoms with Crippen LogP contribution < -0.4 is 9.47 Å². The Bertz CT molecular complexity index is 811. The van der Waals surface area contributed by atoms with Crippen LogP contribution in [0.2, 0.25) is 0 Å². The highest BCUT2D eigenvalue weighted by atomic mass is 16.5. The van der Waals surface area contributed by atoms with Crippen molar-refractivity contribution in [1.29, 1.82) is 0 Å². The molecule has 0 N–H and O–H groups in total. The molecule has 0 radical (unpaired) electrons. The summed E-state index contributed by atoms with van der Waals surface area (Å²) in [6.45, 7) is 5.74. The van der Waals surface area contributed by atoms with Crippen LogP contribution in [0.25, 0.3) is 5.57 Å². The van der Waals surface area contributed by atoms with Crippen LogP contribution in [0.15, 0.2) is 30.1 Å². The van der Waals surface area contributed by atoms with Gasteiger partial charge >= 0.3 is 0 Å². The van der Waals surface area contributed by atoms with Crippen molar-refractivity contribution in [3.8, 4) is 11.6 Å². The van der Waals surface area contributed by atoms with E-state index < -0.39 is 0 Å². The Labute approximate surface area is 152 Å². The van der Waals surface area contributed by atoms with E-state index in [9.17, 15) is 4.79 Å². The molecule has 7 heteroatoms. The van der Waals surface area contributed by atoms with Crippen LogP contribution in [0.3, 0.4) is 0 Å². The normalized spacial score (nSPS) is 14.6. The van der Waals surface area contributed by atoms with Crippen LogP contribution in [0, 0.1) is 0 Å². The molecule has 0 aromatic carbocycles. The van der Waals surface area contributed by atoms with Crippen molar-refractivity contribution >= 4 is 11.9 Å². The Kier molecular flexibility index (Phi) is 5.68. The van der Waals surface area contributed by atoms with Gasteiger partial charge in [-0.3, -0.25) is 9.48 Å². The van der Waals surface area contributed by atoms with Crippen LogP contribution in [-0.4, -0.2) is 48.0 Å². The summed E-state index contributed by atoms with van der Waals surface area (Å²) in [4.78, 5) is 15.4. The first-order chi connectivity index (χ1) is 12.6. The minimum atomic E-state index is 0.254. The fourth-order valence-corrected chi connectivity index (χ4v) is 2.93. The highest BCUT2D eigenvalue weighted by Crippen LogP contribution is 2.28. The van der Waals surface area contributed by atoms with E-state index in [0.717, 1.165) is 29.5 Å². The molecule has 1 aliphatic rings. The molecule has 138 valence electrons. The van der Waals surface area contributed by atoms with Crippen LogP contribution >= 0.6 is 0 Å². The molecule has 0 fully saturated rings. The van der Waals surface area contributed by atoms with Crippen LogP contribution in [0.4, 0.5) is 0 Å². The molecule has 3 heterocycles. The Hall–Kier alpha value is -2.67. The van der Waals surface area contributed by atoms with Crippen LogP contribution in [-0.2, 0) is 4.74 Å². The summed E-state index contributed by atoms with van der Waals surface area (Å²) in [5.41, 5.74) is 3.70. The zero-order valence-electron chi connectivity index (χ0n) is 15.3. The average molecular weight is 357 g/mol. The van der Waals surface area contributed by atoms with Gasteiger partial charge in [0.2, 0.25) is 5.88 Å². The maximum absolute atomic E-state index is 11.3. The lowest BCUT2D eigenvalue weighted by Gasteiger charge is -2.23. The quantitative estimate of drug-likeness (QED) is 0.709. The second kappa shape index (κ2) is 8.14. The number of rotatable bonds is 7. The van der Waals surface area contributed by atoms with Crippen molar-refractivity contribution in [2.75, 3.05) is 26.9 Å². The van der Waals surface area contributed by atoms with Crippen LogP contribution in [0.5, 0.6) is 11.6 Å². The Balaban J connectivity index is 1.86. The van der Waals surface area contributed by atoms with Gasteiger partial charge in [-0.15, -0.1) is 0 Å². The number of hydrogen-bond donors (Lipinski definition) is 0. The van der Waals surface area contributed by atoms with Gasteiger partial charge in [-0.25, -0.2) is 4.98 Å². The lowest BCUT2D eigenvalue weighted by Crippen LogP contribution is -2.18. The van der Waals surface area contributed by atoms with Crippen molar-refractivity contribution in [1.82, 2.24) is 14.8 Å². The molecule has 0 saturated carbocycles. The third-order valence-electron chi connectivity index (χ3n) is 4.30. The highest BCUT2D eigenvalue weighted by Gasteiger charge is 2.20. The van der Waals surface area contributed by atoms with Gasteiger partial charge in [0, 0.05) is 23.9 Å². The molecule has 0 aliphatic carbocycles. The molecule has 3 rings (SSSR count). The van der Waals surface area contributed by atoms with Gasteiger partial charge in [0.25, 0.3) is 0 Å². The topological polar surface area (TPSA) is 75.5 Å². The minimum absolute atomic E-state index is 0.254. The summed E-state index contributed by atoms with van der Waals surface area (Å²) in [6, 6.07) is 3.81. The summed E-state index contributed by atoms with van der Waals surface area (Å²) >= 11 is 0. The van der Waals surface area contributed by atoms with Gasteiger partial charge < -0.3 is 14.2 Å². The second-order valence-electron chi connectivity index (χ2n) is 6.31. The monoisotopic (exact) mass is 357 g/mol. The van der Waals surface area contributed by atoms with Gasteiger partial charge in [0.15, 0.2) is 6.29 Å². The van der Waals surface area contributed by atoms with Gasteiger partial charge in [0.05, 0.1) is 37.8 Å². The lowest BCUT2D eigenvalue weighted by atomic mass is 10.0. The number of hydrogen-bond acceptors (Lipinski definition) is 6. The number of carbonyl (C=O) groups is 1. The molecule has 0 bridgehead atoms. The second-order valence-corrected chi connectivity index (χ2v) is 6.31. The molecule has 0 unspecified atom stereocenters. The smallest absolute Gasteiger partial charge is 0.213 e. The van der Waals surface area contributed by atoms with E-state index in [4.69, 9.17) is 14.2 Å². The van der Waals surface area contributed by atoms with E-state index in [1.54, 1.807) is 12.3 Å². The van der Waals surface area contributed by atoms with Gasteiger partial charge in [-0.05, 0) is 31.9 Å². The van der Waals surface area contributed by atoms with Gasteiger partial charge in [-0.2, -0.15) is 5.10 Å². The first-order valence-electron chi connectivity index (χ1n) is 8.58. The summed E-state index contributed by atoms with van der Waals surface area (Å²) in [5.74, 6) is 0.822. The highest BCUT2D eigenvalue weighted by molar-refractivity contribution is 5.79. The standard InChI is InChI=1S/C19H23N3O4/c1-13(2)22-17(4-6-21-22)16-12-25-7-5-14(16)11-26-18-9-20-19(24-3)8-15(18)10-23/h4,6,8-10,13H,5,7,11-12H2,1-3H3. The zero-order valence-corrected chi connectivity index (χ0v) is 15.3. The Morgan fingerprint density at radius 2 is 2.27 bits per heavy atom. The predicted octanol–water partition coefficient (Wildman–Crippen LogP) is 2.93. The van der Waals surface area contributed by atoms with Crippen molar-refractivity contribution in [2.24, 2.45) is 0 Å². The molecule has 0 spiro atoms. The Morgan fingerprint density at radius 3 is 3.00 bits per heavy atom. The number of ether oxygens (including phenoxy) is 3. The van der Waals surface area contributed by atoms with Crippen LogP contribution in [0.1, 0.15) is 42.4 Å². The van der Waals surface area contributed by atoms with Crippen molar-refractivity contribution in [3.63, 3.8) is 0 Å². The first-order valence-corrected chi connectivity index (χ1v) is 8.58. The van der Waals surface area contributed by atoms with E-state index in [1.165, 1.54) is 13.3 Å². The number of methoxy groups -OCH3 is 1. The van der Waals surface area contributed by atoms with E-state index in [0.29, 0.717) is 37.0 Å². The third kappa shape index (κ3) is 3.77. The maximum atomic E-state index is 11.3. The van der Waals surface area contributed by atoms with Crippen molar-refractivity contribution in [2.45, 2.75) is 26.3 Å². The van der Waals surface area contributed by atoms with E-state index in [1.807, 2.05) is 10.7 Å². The largest absolute Gasteiger partial charge is 0.487 e. The summed E-state index contributed by atoms with van der Waals surface area (Å²) in [6.07, 6.45) is 4.83. The number of aromatic nitrogens is 3. The number of aldehydes is 1. The number of pyridine rings is 1. The zero-order chi connectivity index (χ0) is 18.5. The summed E-state index contributed by atoms with van der Waals surface area (Å²) in [7, 11) is 1.51. The van der Waals surface area contributed by atoms with Gasteiger partial charge in [-0.1, -0.05) is 0 Å². The molecule has 1 aliphatic heterocycles. The average Bonchev–Trinajstić information content (AvgIpc) is 3.16. The van der Waals surface area contributed by atoms with Crippen molar-refractivity contribution < 1.29 is 19.0 Å². The predicted molar refractivity (Wildman–Crippen MR) is 96.6 cm³/mol. The molecule has 0 atom stereocenters. The molecule has 0 amide bonds. The molecule has 0 saturated heterocycles. The summed E-state index contributed by atoms with van der Waals surface area (Å²) in [5, 5.41) is 4.41. The number of nitrogens with zero attached hydrogens (tertiary/aromatic N) is 3. The first kappa shape index (κ1) is 18.1. The molecule has 26 heavy (non-hydrogen) atoms. The molecular formula is C19H23N3O4. The minimum Gasteiger partial charge on any atom is -0.487 e. The van der Waals surface area contributed by atoms with E-state index in [-0.39, 0.29) is 6.04 Å². The van der Waals surface area contributed by atoms with Crippen molar-refractivity contribution in [3.05, 3.63) is 41.4 Å². The molecule has 2 aromatic heterocycles. The van der Waals surface area contributed by atoms with E-state index in [2.05, 4.69) is 23.9 Å². The third-order valence-corrected chi connectivity index (χ3v) is 4.30. The number of carbonyl (C=O) groups excluding carboxylic acids is 1. The van der Waals surface area contributed by atoms with E-state index >= 15 is 0 Å².